The van der Waals surface area contributed by atoms with E-state index in [0.29, 0.717) is 19.6 Å². The first-order valence-corrected chi connectivity index (χ1v) is 9.10. The van der Waals surface area contributed by atoms with E-state index in [9.17, 15) is 18.0 Å². The molecule has 4 nitrogen and oxygen atoms in total. The number of alkyl halides is 3. The molecule has 8 heteroatoms. The van der Waals surface area contributed by atoms with E-state index in [0.717, 1.165) is 5.52 Å². The van der Waals surface area contributed by atoms with Gasteiger partial charge in [0.15, 0.2) is 0 Å². The Morgan fingerprint density at radius 1 is 1.36 bits per heavy atom. The number of amides is 1. The van der Waals surface area contributed by atoms with Gasteiger partial charge in [-0.2, -0.15) is 13.2 Å². The molecule has 0 spiro atoms. The lowest BCUT2D eigenvalue weighted by Crippen LogP contribution is -2.56. The summed E-state index contributed by atoms with van der Waals surface area (Å²) in [5.74, 6) is -0.728. The molecule has 4 rings (SSSR count). The summed E-state index contributed by atoms with van der Waals surface area (Å²) in [5, 5.41) is 3.05. The molecule has 25 heavy (non-hydrogen) atoms. The minimum absolute atomic E-state index is 0.0496. The fraction of sp³-hybridized carbons (Fsp3) is 0.529. The zero-order valence-corrected chi connectivity index (χ0v) is 14.7. The van der Waals surface area contributed by atoms with Gasteiger partial charge in [0.05, 0.1) is 15.7 Å². The van der Waals surface area contributed by atoms with Crippen LogP contribution in [0.5, 0.6) is 0 Å². The molecular weight excluding hydrogens is 351 g/mol. The standard InChI is InChI=1S/C10H15F3N2O.C7H5NS/c1-7-6-14-4-5-15(7)8(16)9(2-3-9)10(11,12)13;1-2-4-7-6(3-1)8-5-9-7/h7,14H,2-6H2,1H3;1-5H. The Labute approximate surface area is 148 Å². The van der Waals surface area contributed by atoms with E-state index < -0.39 is 17.5 Å². The Balaban J connectivity index is 0.000000170. The molecule has 136 valence electrons. The first-order chi connectivity index (χ1) is 11.8. The van der Waals surface area contributed by atoms with Gasteiger partial charge in [-0.3, -0.25) is 4.79 Å². The van der Waals surface area contributed by atoms with Crippen LogP contribution in [0.3, 0.4) is 0 Å². The van der Waals surface area contributed by atoms with Crippen molar-refractivity contribution in [2.24, 2.45) is 5.41 Å². The van der Waals surface area contributed by atoms with Gasteiger partial charge in [-0.25, -0.2) is 4.98 Å². The highest BCUT2D eigenvalue weighted by atomic mass is 32.1. The molecular formula is C17H20F3N3OS. The zero-order chi connectivity index (χ0) is 18.1. The molecule has 1 aromatic carbocycles. The summed E-state index contributed by atoms with van der Waals surface area (Å²) >= 11 is 1.68. The Hall–Kier alpha value is -1.67. The molecule has 1 N–H and O–H groups in total. The van der Waals surface area contributed by atoms with Crippen molar-refractivity contribution in [1.82, 2.24) is 15.2 Å². The summed E-state index contributed by atoms with van der Waals surface area (Å²) in [5.41, 5.74) is 0.908. The second-order valence-electron chi connectivity index (χ2n) is 6.45. The van der Waals surface area contributed by atoms with Crippen molar-refractivity contribution in [2.75, 3.05) is 19.6 Å². The fourth-order valence-electron chi connectivity index (χ4n) is 2.96. The predicted octanol–water partition coefficient (Wildman–Crippen LogP) is 3.45. The molecule has 1 saturated heterocycles. The molecule has 0 bridgehead atoms. The molecule has 1 unspecified atom stereocenters. The molecule has 1 aliphatic heterocycles. The summed E-state index contributed by atoms with van der Waals surface area (Å²) in [4.78, 5) is 17.4. The molecule has 1 aliphatic carbocycles. The minimum atomic E-state index is -4.39. The highest BCUT2D eigenvalue weighted by Gasteiger charge is 2.69. The molecule has 2 heterocycles. The Kier molecular flexibility index (Phi) is 5.02. The number of fused-ring (bicyclic) bond motifs is 1. The average Bonchev–Trinajstić information content (AvgIpc) is 3.27. The number of hydrogen-bond acceptors (Lipinski definition) is 4. The van der Waals surface area contributed by atoms with E-state index in [4.69, 9.17) is 0 Å². The molecule has 0 radical (unpaired) electrons. The number of rotatable bonds is 1. The van der Waals surface area contributed by atoms with Crippen LogP contribution >= 0.6 is 11.3 Å². The van der Waals surface area contributed by atoms with Crippen LogP contribution in [-0.4, -0.2) is 47.6 Å². The first-order valence-electron chi connectivity index (χ1n) is 8.22. The minimum Gasteiger partial charge on any atom is -0.337 e. The van der Waals surface area contributed by atoms with Crippen molar-refractivity contribution in [3.63, 3.8) is 0 Å². The largest absolute Gasteiger partial charge is 0.403 e. The maximum Gasteiger partial charge on any atom is 0.403 e. The smallest absolute Gasteiger partial charge is 0.337 e. The van der Waals surface area contributed by atoms with Crippen LogP contribution < -0.4 is 5.32 Å². The van der Waals surface area contributed by atoms with Gasteiger partial charge in [-0.15, -0.1) is 11.3 Å². The first kappa shape index (κ1) is 18.1. The summed E-state index contributed by atoms with van der Waals surface area (Å²) in [6, 6.07) is 7.97. The van der Waals surface area contributed by atoms with Gasteiger partial charge in [0, 0.05) is 25.7 Å². The van der Waals surface area contributed by atoms with Gasteiger partial charge in [0.2, 0.25) is 5.91 Å². The van der Waals surface area contributed by atoms with Crippen molar-refractivity contribution in [2.45, 2.75) is 32.0 Å². The van der Waals surface area contributed by atoms with Crippen LogP contribution in [0.1, 0.15) is 19.8 Å². The number of hydrogen-bond donors (Lipinski definition) is 1. The van der Waals surface area contributed by atoms with Gasteiger partial charge in [0.25, 0.3) is 0 Å². The van der Waals surface area contributed by atoms with Crippen LogP contribution in [-0.2, 0) is 4.79 Å². The van der Waals surface area contributed by atoms with Gasteiger partial charge >= 0.3 is 6.18 Å². The predicted molar refractivity (Wildman–Crippen MR) is 91.4 cm³/mol. The number of halogens is 3. The number of thiazole rings is 1. The molecule has 1 atom stereocenters. The van der Waals surface area contributed by atoms with Crippen molar-refractivity contribution in [3.8, 4) is 0 Å². The quantitative estimate of drug-likeness (QED) is 0.835. The highest BCUT2D eigenvalue weighted by Crippen LogP contribution is 2.58. The van der Waals surface area contributed by atoms with E-state index in [2.05, 4.69) is 16.4 Å². The Morgan fingerprint density at radius 3 is 2.68 bits per heavy atom. The number of para-hydroxylation sites is 1. The SMILES string of the molecule is CC1CNCCN1C(=O)C1(C(F)(F)F)CC1.c1ccc2scnc2c1. The van der Waals surface area contributed by atoms with Gasteiger partial charge in [-0.1, -0.05) is 12.1 Å². The summed E-state index contributed by atoms with van der Waals surface area (Å²) in [6.45, 7) is 3.29. The summed E-state index contributed by atoms with van der Waals surface area (Å²) < 4.78 is 39.6. The monoisotopic (exact) mass is 371 g/mol. The molecule has 1 aromatic heterocycles. The highest BCUT2D eigenvalue weighted by molar-refractivity contribution is 7.16. The number of nitrogens with one attached hydrogen (secondary N) is 1. The third kappa shape index (κ3) is 3.64. The topological polar surface area (TPSA) is 45.2 Å². The van der Waals surface area contributed by atoms with E-state index >= 15 is 0 Å². The van der Waals surface area contributed by atoms with E-state index in [1.807, 2.05) is 23.7 Å². The average molecular weight is 371 g/mol. The lowest BCUT2D eigenvalue weighted by atomic mass is 10.0. The Bertz CT molecular complexity index is 712. The van der Waals surface area contributed by atoms with Crippen LogP contribution in [0, 0.1) is 5.41 Å². The van der Waals surface area contributed by atoms with E-state index in [1.54, 1.807) is 18.3 Å². The van der Waals surface area contributed by atoms with Gasteiger partial charge < -0.3 is 10.2 Å². The summed E-state index contributed by atoms with van der Waals surface area (Å²) in [6.07, 6.45) is -4.49. The lowest BCUT2D eigenvalue weighted by molar-refractivity contribution is -0.200. The fourth-order valence-corrected chi connectivity index (χ4v) is 3.64. The summed E-state index contributed by atoms with van der Waals surface area (Å²) in [7, 11) is 0. The molecule has 1 saturated carbocycles. The second kappa shape index (κ2) is 6.92. The van der Waals surface area contributed by atoms with Crippen molar-refractivity contribution < 1.29 is 18.0 Å². The van der Waals surface area contributed by atoms with E-state index in [1.165, 1.54) is 9.60 Å². The molecule has 1 amide bonds. The van der Waals surface area contributed by atoms with E-state index in [-0.39, 0.29) is 18.9 Å². The zero-order valence-electron chi connectivity index (χ0n) is 13.8. The van der Waals surface area contributed by atoms with Gasteiger partial charge in [0.1, 0.15) is 5.41 Å². The number of aromatic nitrogens is 1. The van der Waals surface area contributed by atoms with Crippen LogP contribution in [0.25, 0.3) is 10.2 Å². The number of carbonyl (C=O) groups excluding carboxylic acids is 1. The maximum atomic E-state index is 12.8. The Morgan fingerprint density at radius 2 is 2.08 bits per heavy atom. The number of nitrogens with zero attached hydrogens (tertiary/aromatic N) is 2. The van der Waals surface area contributed by atoms with Gasteiger partial charge in [-0.05, 0) is 31.9 Å². The number of piperazine rings is 1. The second-order valence-corrected chi connectivity index (χ2v) is 7.34. The number of carbonyl (C=O) groups is 1. The molecule has 2 fully saturated rings. The third-order valence-electron chi connectivity index (χ3n) is 4.70. The van der Waals surface area contributed by atoms with Crippen LogP contribution in [0.15, 0.2) is 29.8 Å². The van der Waals surface area contributed by atoms with Crippen molar-refractivity contribution in [3.05, 3.63) is 29.8 Å². The van der Waals surface area contributed by atoms with Crippen LogP contribution in [0.2, 0.25) is 0 Å². The number of benzene rings is 1. The molecule has 2 aromatic rings. The van der Waals surface area contributed by atoms with Crippen molar-refractivity contribution in [1.29, 1.82) is 0 Å². The van der Waals surface area contributed by atoms with Crippen molar-refractivity contribution >= 4 is 27.5 Å². The third-order valence-corrected chi connectivity index (χ3v) is 5.51. The normalized spacial score (nSPS) is 22.2. The molecule has 2 aliphatic rings. The van der Waals surface area contributed by atoms with Crippen LogP contribution in [0.4, 0.5) is 13.2 Å². The maximum absolute atomic E-state index is 12.8. The lowest BCUT2D eigenvalue weighted by Gasteiger charge is -2.37.